The lowest BCUT2D eigenvalue weighted by atomic mass is 9.74. The highest BCUT2D eigenvalue weighted by molar-refractivity contribution is 5.77. The average Bonchev–Trinajstić information content (AvgIpc) is 2.74. The van der Waals surface area contributed by atoms with Crippen LogP contribution in [0.1, 0.15) is 25.5 Å². The Bertz CT molecular complexity index is 500. The molecule has 0 radical (unpaired) electrons. The maximum atomic E-state index is 11.8. The molecule has 20 heavy (non-hydrogen) atoms. The zero-order chi connectivity index (χ0) is 14.3. The molecule has 2 aliphatic heterocycles. The van der Waals surface area contributed by atoms with E-state index in [-0.39, 0.29) is 17.8 Å². The number of hydrogen-bond donors (Lipinski definition) is 1. The molecule has 0 bridgehead atoms. The molecule has 0 saturated carbocycles. The molecule has 3 rings (SSSR count). The largest absolute Gasteiger partial charge is 0.468 e. The lowest BCUT2D eigenvalue weighted by molar-refractivity contribution is -0.144. The summed E-state index contributed by atoms with van der Waals surface area (Å²) in [5.41, 5.74) is 0.443. The third-order valence-corrected chi connectivity index (χ3v) is 4.32. The van der Waals surface area contributed by atoms with Gasteiger partial charge in [-0.15, -0.1) is 0 Å². The molecule has 1 spiro atoms. The van der Waals surface area contributed by atoms with Crippen molar-refractivity contribution in [2.75, 3.05) is 38.2 Å². The van der Waals surface area contributed by atoms with Gasteiger partial charge in [0.15, 0.2) is 11.6 Å². The van der Waals surface area contributed by atoms with E-state index in [4.69, 9.17) is 9.26 Å². The Labute approximate surface area is 118 Å². The number of ether oxygens (including phenoxy) is 1. The summed E-state index contributed by atoms with van der Waals surface area (Å²) in [5.74, 6) is 0.872. The summed E-state index contributed by atoms with van der Waals surface area (Å²) >= 11 is 0. The highest BCUT2D eigenvalue weighted by Gasteiger charge is 2.48. The Balaban J connectivity index is 1.71. The molecule has 2 aliphatic rings. The SMILES string of the molecule is COC(=O)C(c1cc(N2CC3(CNC3)C2)no1)C(C)C. The summed E-state index contributed by atoms with van der Waals surface area (Å²) in [6.07, 6.45) is 0. The molecule has 110 valence electrons. The van der Waals surface area contributed by atoms with Gasteiger partial charge in [-0.3, -0.25) is 4.79 Å². The van der Waals surface area contributed by atoms with Gasteiger partial charge >= 0.3 is 5.97 Å². The Hall–Kier alpha value is -1.56. The molecule has 1 N–H and O–H groups in total. The summed E-state index contributed by atoms with van der Waals surface area (Å²) in [7, 11) is 1.40. The van der Waals surface area contributed by atoms with Crippen molar-refractivity contribution < 1.29 is 14.1 Å². The normalized spacial score (nSPS) is 21.5. The molecular formula is C14H21N3O3. The van der Waals surface area contributed by atoms with Crippen LogP contribution in [-0.4, -0.2) is 44.4 Å². The topological polar surface area (TPSA) is 67.6 Å². The molecule has 1 aromatic rings. The molecule has 0 aliphatic carbocycles. The van der Waals surface area contributed by atoms with Crippen molar-refractivity contribution in [3.05, 3.63) is 11.8 Å². The molecule has 0 amide bonds. The van der Waals surface area contributed by atoms with Crippen LogP contribution in [0.25, 0.3) is 0 Å². The first-order chi connectivity index (χ1) is 9.54. The standard InChI is InChI=1S/C14H21N3O3/c1-9(2)12(13(18)19-3)10-4-11(16-20-10)17-7-14(8-17)5-15-6-14/h4,9,12,15H,5-8H2,1-3H3. The Morgan fingerprint density at radius 2 is 2.20 bits per heavy atom. The molecule has 6 heteroatoms. The minimum Gasteiger partial charge on any atom is -0.468 e. The van der Waals surface area contributed by atoms with E-state index >= 15 is 0 Å². The van der Waals surface area contributed by atoms with Gasteiger partial charge in [-0.05, 0) is 5.92 Å². The third-order valence-electron chi connectivity index (χ3n) is 4.32. The van der Waals surface area contributed by atoms with Crippen LogP contribution in [0.3, 0.4) is 0 Å². The van der Waals surface area contributed by atoms with Gasteiger partial charge in [-0.25, -0.2) is 0 Å². The van der Waals surface area contributed by atoms with Gasteiger partial charge in [-0.2, -0.15) is 0 Å². The quantitative estimate of drug-likeness (QED) is 0.829. The number of nitrogens with zero attached hydrogens (tertiary/aromatic N) is 2. The van der Waals surface area contributed by atoms with Gasteiger partial charge in [0, 0.05) is 37.7 Å². The summed E-state index contributed by atoms with van der Waals surface area (Å²) < 4.78 is 10.2. The average molecular weight is 279 g/mol. The van der Waals surface area contributed by atoms with Crippen LogP contribution in [0, 0.1) is 11.3 Å². The molecule has 6 nitrogen and oxygen atoms in total. The van der Waals surface area contributed by atoms with Crippen molar-refractivity contribution in [2.24, 2.45) is 11.3 Å². The van der Waals surface area contributed by atoms with E-state index in [1.807, 2.05) is 19.9 Å². The molecule has 2 fully saturated rings. The minimum atomic E-state index is -0.387. The van der Waals surface area contributed by atoms with E-state index in [0.29, 0.717) is 11.2 Å². The number of carbonyl (C=O) groups excluding carboxylic acids is 1. The van der Waals surface area contributed by atoms with Crippen LogP contribution in [0.2, 0.25) is 0 Å². The first kappa shape index (κ1) is 13.4. The van der Waals surface area contributed by atoms with Crippen LogP contribution >= 0.6 is 0 Å². The van der Waals surface area contributed by atoms with Gasteiger partial charge in [0.25, 0.3) is 0 Å². The minimum absolute atomic E-state index is 0.113. The number of anilines is 1. The Morgan fingerprint density at radius 3 is 2.70 bits per heavy atom. The highest BCUT2D eigenvalue weighted by Crippen LogP contribution is 2.38. The van der Waals surface area contributed by atoms with E-state index in [2.05, 4.69) is 15.4 Å². The molecule has 1 aromatic heterocycles. The van der Waals surface area contributed by atoms with Gasteiger partial charge < -0.3 is 19.5 Å². The predicted molar refractivity (Wildman–Crippen MR) is 73.6 cm³/mol. The van der Waals surface area contributed by atoms with Crippen molar-refractivity contribution in [2.45, 2.75) is 19.8 Å². The van der Waals surface area contributed by atoms with E-state index in [1.165, 1.54) is 7.11 Å². The molecule has 1 unspecified atom stereocenters. The molecule has 1 atom stereocenters. The van der Waals surface area contributed by atoms with Crippen LogP contribution in [0.5, 0.6) is 0 Å². The maximum Gasteiger partial charge on any atom is 0.316 e. The fraction of sp³-hybridized carbons (Fsp3) is 0.714. The number of esters is 1. The fourth-order valence-electron chi connectivity index (χ4n) is 3.05. The highest BCUT2D eigenvalue weighted by atomic mass is 16.5. The second-order valence-corrected chi connectivity index (χ2v) is 6.29. The smallest absolute Gasteiger partial charge is 0.316 e. The first-order valence-corrected chi connectivity index (χ1v) is 7.05. The fourth-order valence-corrected chi connectivity index (χ4v) is 3.05. The zero-order valence-corrected chi connectivity index (χ0v) is 12.2. The van der Waals surface area contributed by atoms with Gasteiger partial charge in [0.05, 0.1) is 7.11 Å². The maximum absolute atomic E-state index is 11.8. The van der Waals surface area contributed by atoms with Gasteiger partial charge in [-0.1, -0.05) is 19.0 Å². The van der Waals surface area contributed by atoms with Crippen LogP contribution < -0.4 is 10.2 Å². The third kappa shape index (κ3) is 2.08. The summed E-state index contributed by atoms with van der Waals surface area (Å²) in [6, 6.07) is 1.88. The van der Waals surface area contributed by atoms with E-state index in [9.17, 15) is 4.79 Å². The number of methoxy groups -OCH3 is 1. The summed E-state index contributed by atoms with van der Waals surface area (Å²) in [5, 5.41) is 7.41. The molecule has 2 saturated heterocycles. The van der Waals surface area contributed by atoms with Crippen molar-refractivity contribution in [3.8, 4) is 0 Å². The molecular weight excluding hydrogens is 258 g/mol. The van der Waals surface area contributed by atoms with Gasteiger partial charge in [0.1, 0.15) is 5.92 Å². The lowest BCUT2D eigenvalue weighted by Crippen LogP contribution is -2.71. The number of nitrogens with one attached hydrogen (secondary N) is 1. The second-order valence-electron chi connectivity index (χ2n) is 6.29. The van der Waals surface area contributed by atoms with E-state index in [1.54, 1.807) is 0 Å². The lowest BCUT2D eigenvalue weighted by Gasteiger charge is -2.56. The Kier molecular flexibility index (Phi) is 3.20. The van der Waals surface area contributed by atoms with Crippen molar-refractivity contribution in [1.29, 1.82) is 0 Å². The second kappa shape index (κ2) is 4.77. The zero-order valence-electron chi connectivity index (χ0n) is 12.2. The van der Waals surface area contributed by atoms with Crippen LogP contribution in [0.4, 0.5) is 5.82 Å². The number of carbonyl (C=O) groups is 1. The predicted octanol–water partition coefficient (Wildman–Crippen LogP) is 0.997. The Morgan fingerprint density at radius 1 is 1.50 bits per heavy atom. The number of rotatable bonds is 4. The number of aromatic nitrogens is 1. The van der Waals surface area contributed by atoms with Crippen molar-refractivity contribution in [1.82, 2.24) is 10.5 Å². The van der Waals surface area contributed by atoms with Crippen molar-refractivity contribution in [3.63, 3.8) is 0 Å². The summed E-state index contributed by atoms with van der Waals surface area (Å²) in [6.45, 7) is 8.15. The monoisotopic (exact) mass is 279 g/mol. The number of hydrogen-bond acceptors (Lipinski definition) is 6. The molecule has 3 heterocycles. The van der Waals surface area contributed by atoms with E-state index in [0.717, 1.165) is 32.0 Å². The van der Waals surface area contributed by atoms with E-state index < -0.39 is 0 Å². The molecule has 0 aromatic carbocycles. The summed E-state index contributed by atoms with van der Waals surface area (Å²) in [4.78, 5) is 14.0. The van der Waals surface area contributed by atoms with Gasteiger partial charge in [0.2, 0.25) is 0 Å². The van der Waals surface area contributed by atoms with Crippen LogP contribution in [-0.2, 0) is 9.53 Å². The first-order valence-electron chi connectivity index (χ1n) is 7.05. The van der Waals surface area contributed by atoms with Crippen LogP contribution in [0.15, 0.2) is 10.6 Å². The van der Waals surface area contributed by atoms with Crippen molar-refractivity contribution >= 4 is 11.8 Å².